The molecule has 84 valence electrons. The monoisotopic (exact) mass is 211 g/mol. The Labute approximate surface area is 90.3 Å². The molecule has 0 bridgehead atoms. The first kappa shape index (κ1) is 12.0. The van der Waals surface area contributed by atoms with Crippen LogP contribution in [0.2, 0.25) is 0 Å². The average molecular weight is 211 g/mol. The molecule has 0 saturated carbocycles. The minimum atomic E-state index is -0.292. The van der Waals surface area contributed by atoms with Crippen molar-refractivity contribution in [3.05, 3.63) is 29.6 Å². The van der Waals surface area contributed by atoms with E-state index < -0.39 is 0 Å². The van der Waals surface area contributed by atoms with Gasteiger partial charge in [0.15, 0.2) is 0 Å². The van der Waals surface area contributed by atoms with Crippen LogP contribution in [0.5, 0.6) is 0 Å². The summed E-state index contributed by atoms with van der Waals surface area (Å²) in [6.07, 6.45) is 2.20. The van der Waals surface area contributed by atoms with Crippen LogP contribution < -0.4 is 4.90 Å². The van der Waals surface area contributed by atoms with Gasteiger partial charge in [0.1, 0.15) is 5.82 Å². The maximum atomic E-state index is 13.2. The van der Waals surface area contributed by atoms with Crippen molar-refractivity contribution in [2.45, 2.75) is 26.4 Å². The summed E-state index contributed by atoms with van der Waals surface area (Å²) in [6.45, 7) is 2.91. The summed E-state index contributed by atoms with van der Waals surface area (Å²) >= 11 is 0. The molecule has 0 atom stereocenters. The van der Waals surface area contributed by atoms with Crippen LogP contribution in [0, 0.1) is 5.82 Å². The zero-order valence-corrected chi connectivity index (χ0v) is 9.33. The van der Waals surface area contributed by atoms with E-state index in [1.807, 2.05) is 18.0 Å². The minimum Gasteiger partial charge on any atom is -0.392 e. The van der Waals surface area contributed by atoms with Crippen LogP contribution in [0.3, 0.4) is 0 Å². The topological polar surface area (TPSA) is 23.5 Å². The molecule has 0 amide bonds. The molecule has 0 aliphatic carbocycles. The SMILES string of the molecule is CCCCN(C)c1cc(F)cc(CO)c1. The Morgan fingerprint density at radius 2 is 2.07 bits per heavy atom. The summed E-state index contributed by atoms with van der Waals surface area (Å²) in [5, 5.41) is 8.96. The summed E-state index contributed by atoms with van der Waals surface area (Å²) in [5.41, 5.74) is 1.45. The van der Waals surface area contributed by atoms with Gasteiger partial charge in [-0.15, -0.1) is 0 Å². The van der Waals surface area contributed by atoms with Crippen LogP contribution in [-0.4, -0.2) is 18.7 Å². The van der Waals surface area contributed by atoms with E-state index in [1.165, 1.54) is 12.1 Å². The van der Waals surface area contributed by atoms with Gasteiger partial charge in [-0.25, -0.2) is 4.39 Å². The number of aliphatic hydroxyl groups is 1. The van der Waals surface area contributed by atoms with Crippen molar-refractivity contribution >= 4 is 5.69 Å². The van der Waals surface area contributed by atoms with E-state index in [4.69, 9.17) is 5.11 Å². The summed E-state index contributed by atoms with van der Waals surface area (Å²) < 4.78 is 13.2. The Kier molecular flexibility index (Phi) is 4.56. The number of rotatable bonds is 5. The average Bonchev–Trinajstić information content (AvgIpc) is 2.24. The molecule has 1 rings (SSSR count). The van der Waals surface area contributed by atoms with Gasteiger partial charge < -0.3 is 10.0 Å². The summed E-state index contributed by atoms with van der Waals surface area (Å²) in [4.78, 5) is 2.01. The first-order valence-corrected chi connectivity index (χ1v) is 5.28. The molecule has 0 heterocycles. The predicted octanol–water partition coefficient (Wildman–Crippen LogP) is 2.55. The zero-order valence-electron chi connectivity index (χ0n) is 9.33. The second-order valence-electron chi connectivity index (χ2n) is 3.75. The van der Waals surface area contributed by atoms with Crippen molar-refractivity contribution < 1.29 is 9.50 Å². The standard InChI is InChI=1S/C12H18FNO/c1-3-4-5-14(2)12-7-10(9-15)6-11(13)8-12/h6-8,15H,3-5,9H2,1-2H3. The molecule has 0 radical (unpaired) electrons. The molecule has 1 aromatic carbocycles. The minimum absolute atomic E-state index is 0.119. The van der Waals surface area contributed by atoms with Crippen molar-refractivity contribution in [2.24, 2.45) is 0 Å². The zero-order chi connectivity index (χ0) is 11.3. The van der Waals surface area contributed by atoms with Crippen LogP contribution in [0.1, 0.15) is 25.3 Å². The number of halogens is 1. The molecular weight excluding hydrogens is 193 g/mol. The van der Waals surface area contributed by atoms with E-state index in [1.54, 1.807) is 0 Å². The Hall–Kier alpha value is -1.09. The molecule has 3 heteroatoms. The lowest BCUT2D eigenvalue weighted by molar-refractivity contribution is 0.281. The highest BCUT2D eigenvalue weighted by molar-refractivity contribution is 5.48. The van der Waals surface area contributed by atoms with E-state index in [0.717, 1.165) is 25.1 Å². The molecule has 0 unspecified atom stereocenters. The van der Waals surface area contributed by atoms with Crippen LogP contribution in [0.15, 0.2) is 18.2 Å². The highest BCUT2D eigenvalue weighted by atomic mass is 19.1. The van der Waals surface area contributed by atoms with Crippen LogP contribution in [0.25, 0.3) is 0 Å². The van der Waals surface area contributed by atoms with Gasteiger partial charge in [0.05, 0.1) is 6.61 Å². The van der Waals surface area contributed by atoms with E-state index in [2.05, 4.69) is 6.92 Å². The number of hydrogen-bond donors (Lipinski definition) is 1. The molecule has 0 aromatic heterocycles. The summed E-state index contributed by atoms with van der Waals surface area (Å²) in [7, 11) is 1.94. The molecule has 0 saturated heterocycles. The highest BCUT2D eigenvalue weighted by Gasteiger charge is 2.04. The molecule has 2 nitrogen and oxygen atoms in total. The van der Waals surface area contributed by atoms with Gasteiger partial charge in [-0.05, 0) is 30.2 Å². The third-order valence-corrected chi connectivity index (χ3v) is 2.41. The van der Waals surface area contributed by atoms with Crippen molar-refractivity contribution in [1.29, 1.82) is 0 Å². The molecule has 15 heavy (non-hydrogen) atoms. The Bertz CT molecular complexity index is 314. The van der Waals surface area contributed by atoms with E-state index in [-0.39, 0.29) is 12.4 Å². The first-order valence-electron chi connectivity index (χ1n) is 5.28. The Morgan fingerprint density at radius 1 is 1.33 bits per heavy atom. The summed E-state index contributed by atoms with van der Waals surface area (Å²) in [6, 6.07) is 4.67. The predicted molar refractivity (Wildman–Crippen MR) is 60.5 cm³/mol. The number of unbranched alkanes of at least 4 members (excludes halogenated alkanes) is 1. The second-order valence-corrected chi connectivity index (χ2v) is 3.75. The largest absolute Gasteiger partial charge is 0.392 e. The summed E-state index contributed by atoms with van der Waals surface area (Å²) in [5.74, 6) is -0.292. The molecule has 1 N–H and O–H groups in total. The van der Waals surface area contributed by atoms with Gasteiger partial charge in [0, 0.05) is 19.3 Å². The van der Waals surface area contributed by atoms with Crippen molar-refractivity contribution in [2.75, 3.05) is 18.5 Å². The van der Waals surface area contributed by atoms with Crippen LogP contribution in [0.4, 0.5) is 10.1 Å². The molecular formula is C12H18FNO. The van der Waals surface area contributed by atoms with Crippen molar-refractivity contribution in [3.8, 4) is 0 Å². The smallest absolute Gasteiger partial charge is 0.125 e. The third kappa shape index (κ3) is 3.51. The lowest BCUT2D eigenvalue weighted by Crippen LogP contribution is -2.18. The normalized spacial score (nSPS) is 10.4. The fourth-order valence-corrected chi connectivity index (χ4v) is 1.47. The maximum absolute atomic E-state index is 13.2. The number of aliphatic hydroxyl groups excluding tert-OH is 1. The number of nitrogens with zero attached hydrogens (tertiary/aromatic N) is 1. The first-order chi connectivity index (χ1) is 7.17. The lowest BCUT2D eigenvalue weighted by Gasteiger charge is -2.19. The van der Waals surface area contributed by atoms with E-state index in [9.17, 15) is 4.39 Å². The molecule has 1 aromatic rings. The number of anilines is 1. The van der Waals surface area contributed by atoms with Crippen LogP contribution >= 0.6 is 0 Å². The lowest BCUT2D eigenvalue weighted by atomic mass is 10.2. The fraction of sp³-hybridized carbons (Fsp3) is 0.500. The molecule has 0 spiro atoms. The van der Waals surface area contributed by atoms with Gasteiger partial charge in [-0.3, -0.25) is 0 Å². The molecule has 0 aliphatic rings. The van der Waals surface area contributed by atoms with E-state index >= 15 is 0 Å². The third-order valence-electron chi connectivity index (χ3n) is 2.41. The Morgan fingerprint density at radius 3 is 2.67 bits per heavy atom. The van der Waals surface area contributed by atoms with Gasteiger partial charge >= 0.3 is 0 Å². The van der Waals surface area contributed by atoms with Gasteiger partial charge in [0.25, 0.3) is 0 Å². The molecule has 0 aliphatic heterocycles. The maximum Gasteiger partial charge on any atom is 0.125 e. The molecule has 0 fully saturated rings. The highest BCUT2D eigenvalue weighted by Crippen LogP contribution is 2.18. The second kappa shape index (κ2) is 5.71. The van der Waals surface area contributed by atoms with Crippen molar-refractivity contribution in [1.82, 2.24) is 0 Å². The van der Waals surface area contributed by atoms with Gasteiger partial charge in [-0.1, -0.05) is 13.3 Å². The quantitative estimate of drug-likeness (QED) is 0.809. The fourth-order valence-electron chi connectivity index (χ4n) is 1.47. The van der Waals surface area contributed by atoms with E-state index in [0.29, 0.717) is 5.56 Å². The number of hydrogen-bond acceptors (Lipinski definition) is 2. The van der Waals surface area contributed by atoms with Crippen LogP contribution in [-0.2, 0) is 6.61 Å². The van der Waals surface area contributed by atoms with Gasteiger partial charge in [-0.2, -0.15) is 0 Å². The number of benzene rings is 1. The van der Waals surface area contributed by atoms with Gasteiger partial charge in [0.2, 0.25) is 0 Å². The van der Waals surface area contributed by atoms with Crippen molar-refractivity contribution in [3.63, 3.8) is 0 Å². The Balaban J connectivity index is 2.78.